The molecular formula is C17H20N2O4S. The van der Waals surface area contributed by atoms with E-state index >= 15 is 0 Å². The minimum atomic E-state index is -1.04. The molecule has 6 nitrogen and oxygen atoms in total. The molecule has 0 fully saturated rings. The quantitative estimate of drug-likeness (QED) is 0.802. The first-order chi connectivity index (χ1) is 11.5. The standard InChI is InChI=1S/C17H20N2O4S/c1-4-13(17(21)22)19-15(20)14-10(3)18-16(24-14)11-6-8-12(9-7-11)23-5-2/h6-9,13H,4-5H2,1-3H3,(H,19,20)(H,21,22). The molecule has 1 aromatic heterocycles. The lowest BCUT2D eigenvalue weighted by Gasteiger charge is -2.11. The molecule has 0 saturated carbocycles. The molecule has 2 N–H and O–H groups in total. The zero-order valence-corrected chi connectivity index (χ0v) is 14.6. The summed E-state index contributed by atoms with van der Waals surface area (Å²) in [7, 11) is 0. The molecule has 1 unspecified atom stereocenters. The van der Waals surface area contributed by atoms with Crippen molar-refractivity contribution >= 4 is 23.2 Å². The average Bonchev–Trinajstić information content (AvgIpc) is 2.95. The highest BCUT2D eigenvalue weighted by atomic mass is 32.1. The number of carbonyl (C=O) groups is 2. The Morgan fingerprint density at radius 1 is 1.29 bits per heavy atom. The highest BCUT2D eigenvalue weighted by Gasteiger charge is 2.22. The van der Waals surface area contributed by atoms with Gasteiger partial charge in [0.25, 0.3) is 5.91 Å². The van der Waals surface area contributed by atoms with Gasteiger partial charge in [-0.2, -0.15) is 0 Å². The van der Waals surface area contributed by atoms with Crippen molar-refractivity contribution in [3.05, 3.63) is 34.8 Å². The van der Waals surface area contributed by atoms with Crippen LogP contribution in [0.5, 0.6) is 5.75 Å². The lowest BCUT2D eigenvalue weighted by atomic mass is 10.2. The molecule has 1 heterocycles. The SMILES string of the molecule is CCOc1ccc(-c2nc(C)c(C(=O)NC(CC)C(=O)O)s2)cc1. The second-order valence-electron chi connectivity index (χ2n) is 5.16. The summed E-state index contributed by atoms with van der Waals surface area (Å²) in [6.07, 6.45) is 0.324. The molecule has 2 aromatic rings. The van der Waals surface area contributed by atoms with Crippen LogP contribution in [0.25, 0.3) is 10.6 Å². The van der Waals surface area contributed by atoms with E-state index < -0.39 is 17.9 Å². The van der Waals surface area contributed by atoms with Gasteiger partial charge in [-0.3, -0.25) is 4.79 Å². The molecular weight excluding hydrogens is 328 g/mol. The van der Waals surface area contributed by atoms with Crippen molar-refractivity contribution in [3.63, 3.8) is 0 Å². The Balaban J connectivity index is 2.20. The number of hydrogen-bond acceptors (Lipinski definition) is 5. The van der Waals surface area contributed by atoms with E-state index in [1.165, 1.54) is 11.3 Å². The van der Waals surface area contributed by atoms with E-state index in [1.54, 1.807) is 13.8 Å². The van der Waals surface area contributed by atoms with Crippen LogP contribution in [0.4, 0.5) is 0 Å². The number of nitrogens with one attached hydrogen (secondary N) is 1. The zero-order valence-electron chi connectivity index (χ0n) is 13.8. The summed E-state index contributed by atoms with van der Waals surface area (Å²) in [6.45, 7) is 5.97. The van der Waals surface area contributed by atoms with Gasteiger partial charge in [-0.25, -0.2) is 9.78 Å². The minimum absolute atomic E-state index is 0.324. The van der Waals surface area contributed by atoms with E-state index in [4.69, 9.17) is 9.84 Å². The second-order valence-corrected chi connectivity index (χ2v) is 6.16. The third kappa shape index (κ3) is 4.11. The van der Waals surface area contributed by atoms with Gasteiger partial charge in [-0.05, 0) is 44.5 Å². The van der Waals surface area contributed by atoms with Crippen LogP contribution >= 0.6 is 11.3 Å². The van der Waals surface area contributed by atoms with E-state index in [-0.39, 0.29) is 0 Å². The number of aryl methyl sites for hydroxylation is 1. The van der Waals surface area contributed by atoms with E-state index in [9.17, 15) is 9.59 Å². The van der Waals surface area contributed by atoms with Crippen molar-refractivity contribution in [1.82, 2.24) is 10.3 Å². The third-order valence-electron chi connectivity index (χ3n) is 3.43. The first-order valence-corrected chi connectivity index (χ1v) is 8.52. The van der Waals surface area contributed by atoms with Gasteiger partial charge in [-0.1, -0.05) is 6.92 Å². The summed E-state index contributed by atoms with van der Waals surface area (Å²) in [6, 6.07) is 6.58. The number of benzene rings is 1. The van der Waals surface area contributed by atoms with Crippen LogP contribution in [0.15, 0.2) is 24.3 Å². The number of carboxylic acids is 1. The van der Waals surface area contributed by atoms with Crippen molar-refractivity contribution in [2.24, 2.45) is 0 Å². The molecule has 1 atom stereocenters. The van der Waals surface area contributed by atoms with Gasteiger partial charge in [0.05, 0.1) is 12.3 Å². The normalized spacial score (nSPS) is 11.8. The Morgan fingerprint density at radius 3 is 2.50 bits per heavy atom. The Kier molecular flexibility index (Phi) is 5.92. The summed E-state index contributed by atoms with van der Waals surface area (Å²) < 4.78 is 5.41. The Labute approximate surface area is 144 Å². The Morgan fingerprint density at radius 2 is 1.96 bits per heavy atom. The maximum Gasteiger partial charge on any atom is 0.326 e. The first-order valence-electron chi connectivity index (χ1n) is 7.70. The summed E-state index contributed by atoms with van der Waals surface area (Å²) in [5.41, 5.74) is 1.47. The van der Waals surface area contributed by atoms with Crippen molar-refractivity contribution in [3.8, 4) is 16.3 Å². The molecule has 2 rings (SSSR count). The lowest BCUT2D eigenvalue weighted by molar-refractivity contribution is -0.139. The Bertz CT molecular complexity index is 725. The molecule has 24 heavy (non-hydrogen) atoms. The summed E-state index contributed by atoms with van der Waals surface area (Å²) in [5, 5.41) is 12.3. The largest absolute Gasteiger partial charge is 0.494 e. The molecule has 1 amide bonds. The minimum Gasteiger partial charge on any atom is -0.494 e. The maximum atomic E-state index is 12.3. The van der Waals surface area contributed by atoms with Crippen molar-refractivity contribution in [1.29, 1.82) is 0 Å². The fraction of sp³-hybridized carbons (Fsp3) is 0.353. The van der Waals surface area contributed by atoms with Crippen LogP contribution < -0.4 is 10.1 Å². The lowest BCUT2D eigenvalue weighted by Crippen LogP contribution is -2.40. The van der Waals surface area contributed by atoms with Gasteiger partial charge in [-0.15, -0.1) is 11.3 Å². The molecule has 7 heteroatoms. The Hall–Kier alpha value is -2.41. The predicted octanol–water partition coefficient (Wildman–Crippen LogP) is 3.11. The maximum absolute atomic E-state index is 12.3. The summed E-state index contributed by atoms with van der Waals surface area (Å²) in [5.74, 6) is -0.670. The first kappa shape index (κ1) is 17.9. The van der Waals surface area contributed by atoms with Crippen LogP contribution in [0.2, 0.25) is 0 Å². The number of rotatable bonds is 7. The second kappa shape index (κ2) is 7.92. The zero-order chi connectivity index (χ0) is 17.7. The number of thiazole rings is 1. The number of nitrogens with zero attached hydrogens (tertiary/aromatic N) is 1. The topological polar surface area (TPSA) is 88.5 Å². The van der Waals surface area contributed by atoms with Crippen molar-refractivity contribution in [2.45, 2.75) is 33.2 Å². The molecule has 0 bridgehead atoms. The van der Waals surface area contributed by atoms with Gasteiger partial charge in [0, 0.05) is 5.56 Å². The molecule has 0 aliphatic rings. The van der Waals surface area contributed by atoms with Crippen LogP contribution in [0, 0.1) is 6.92 Å². The highest BCUT2D eigenvalue weighted by Crippen LogP contribution is 2.29. The van der Waals surface area contributed by atoms with Crippen LogP contribution in [0.1, 0.15) is 35.6 Å². The molecule has 0 radical (unpaired) electrons. The van der Waals surface area contributed by atoms with Gasteiger partial charge in [0.2, 0.25) is 0 Å². The monoisotopic (exact) mass is 348 g/mol. The van der Waals surface area contributed by atoms with Crippen molar-refractivity contribution < 1.29 is 19.4 Å². The predicted molar refractivity (Wildman–Crippen MR) is 92.6 cm³/mol. The smallest absolute Gasteiger partial charge is 0.326 e. The average molecular weight is 348 g/mol. The number of amides is 1. The van der Waals surface area contributed by atoms with Crippen LogP contribution in [-0.2, 0) is 4.79 Å². The van der Waals surface area contributed by atoms with E-state index in [0.717, 1.165) is 11.3 Å². The summed E-state index contributed by atoms with van der Waals surface area (Å²) >= 11 is 1.25. The van der Waals surface area contributed by atoms with Crippen molar-refractivity contribution in [2.75, 3.05) is 6.61 Å². The third-order valence-corrected chi connectivity index (χ3v) is 4.63. The number of carbonyl (C=O) groups excluding carboxylic acids is 1. The molecule has 1 aromatic carbocycles. The molecule has 0 aliphatic carbocycles. The van der Waals surface area contributed by atoms with E-state index in [2.05, 4.69) is 10.3 Å². The van der Waals surface area contributed by atoms with Crippen LogP contribution in [0.3, 0.4) is 0 Å². The van der Waals surface area contributed by atoms with Gasteiger partial charge < -0.3 is 15.2 Å². The fourth-order valence-electron chi connectivity index (χ4n) is 2.15. The number of carboxylic acid groups (broad SMARTS) is 1. The molecule has 0 spiro atoms. The number of ether oxygens (including phenoxy) is 1. The molecule has 0 saturated heterocycles. The van der Waals surface area contributed by atoms with E-state index in [0.29, 0.717) is 28.6 Å². The number of aliphatic carboxylic acids is 1. The van der Waals surface area contributed by atoms with Gasteiger partial charge in [0.15, 0.2) is 0 Å². The summed E-state index contributed by atoms with van der Waals surface area (Å²) in [4.78, 5) is 28.2. The molecule has 128 valence electrons. The highest BCUT2D eigenvalue weighted by molar-refractivity contribution is 7.17. The van der Waals surface area contributed by atoms with Crippen LogP contribution in [-0.4, -0.2) is 34.6 Å². The molecule has 0 aliphatic heterocycles. The fourth-order valence-corrected chi connectivity index (χ4v) is 3.13. The van der Waals surface area contributed by atoms with Gasteiger partial charge >= 0.3 is 5.97 Å². The van der Waals surface area contributed by atoms with E-state index in [1.807, 2.05) is 31.2 Å². The number of hydrogen-bond donors (Lipinski definition) is 2. The van der Waals surface area contributed by atoms with Gasteiger partial charge in [0.1, 0.15) is 21.7 Å². The number of aromatic nitrogens is 1.